The molecule has 0 N–H and O–H groups in total. The summed E-state index contributed by atoms with van der Waals surface area (Å²) in [5.74, 6) is 0.0771. The summed E-state index contributed by atoms with van der Waals surface area (Å²) < 4.78 is 11.0. The van der Waals surface area contributed by atoms with Crippen LogP contribution in [0.2, 0.25) is 0 Å². The standard InChI is InChI=1S/C24H18O4/c1-16-20-15-19(27-22(25)14-17-8-4-2-5-9-17)12-13-21(20)28-24(26)23(16)18-10-6-3-7-11-18/h2-13,15H,14H2,1H3. The Balaban J connectivity index is 1.68. The lowest BCUT2D eigenvalue weighted by Gasteiger charge is -2.10. The van der Waals surface area contributed by atoms with Gasteiger partial charge in [0, 0.05) is 5.39 Å². The number of esters is 1. The SMILES string of the molecule is Cc1c(-c2ccccc2)c(=O)oc2ccc(OC(=O)Cc3ccccc3)cc12. The molecule has 0 unspecified atom stereocenters. The number of carbonyl (C=O) groups is 1. The van der Waals surface area contributed by atoms with E-state index in [4.69, 9.17) is 9.15 Å². The molecule has 0 spiro atoms. The van der Waals surface area contributed by atoms with Gasteiger partial charge in [-0.05, 0) is 41.8 Å². The highest BCUT2D eigenvalue weighted by Crippen LogP contribution is 2.29. The fourth-order valence-electron chi connectivity index (χ4n) is 3.26. The largest absolute Gasteiger partial charge is 0.426 e. The van der Waals surface area contributed by atoms with E-state index in [0.29, 0.717) is 16.9 Å². The first-order valence-electron chi connectivity index (χ1n) is 8.99. The molecule has 0 bridgehead atoms. The highest BCUT2D eigenvalue weighted by atomic mass is 16.5. The Morgan fingerprint density at radius 3 is 2.32 bits per heavy atom. The van der Waals surface area contributed by atoms with Gasteiger partial charge in [0.05, 0.1) is 12.0 Å². The number of hydrogen-bond acceptors (Lipinski definition) is 4. The molecule has 4 nitrogen and oxygen atoms in total. The highest BCUT2D eigenvalue weighted by molar-refractivity contribution is 5.88. The maximum absolute atomic E-state index is 12.5. The van der Waals surface area contributed by atoms with Gasteiger partial charge in [0.2, 0.25) is 0 Å². The molecule has 138 valence electrons. The smallest absolute Gasteiger partial charge is 0.344 e. The third kappa shape index (κ3) is 3.58. The van der Waals surface area contributed by atoms with Crippen molar-refractivity contribution in [3.05, 3.63) is 100 Å². The zero-order valence-electron chi connectivity index (χ0n) is 15.3. The minimum absolute atomic E-state index is 0.191. The van der Waals surface area contributed by atoms with Crippen LogP contribution in [0, 0.1) is 6.92 Å². The summed E-state index contributed by atoms with van der Waals surface area (Å²) in [6.07, 6.45) is 0.191. The molecule has 0 aliphatic carbocycles. The van der Waals surface area contributed by atoms with Crippen molar-refractivity contribution in [1.29, 1.82) is 0 Å². The summed E-state index contributed by atoms with van der Waals surface area (Å²) in [6.45, 7) is 1.87. The van der Waals surface area contributed by atoms with Gasteiger partial charge in [0.1, 0.15) is 11.3 Å². The zero-order valence-corrected chi connectivity index (χ0v) is 15.3. The second kappa shape index (κ2) is 7.53. The number of ether oxygens (including phenoxy) is 1. The van der Waals surface area contributed by atoms with Crippen molar-refractivity contribution in [3.63, 3.8) is 0 Å². The van der Waals surface area contributed by atoms with Gasteiger partial charge >= 0.3 is 11.6 Å². The highest BCUT2D eigenvalue weighted by Gasteiger charge is 2.15. The van der Waals surface area contributed by atoms with Gasteiger partial charge in [0.25, 0.3) is 0 Å². The molecular weight excluding hydrogens is 352 g/mol. The van der Waals surface area contributed by atoms with Gasteiger partial charge in [-0.25, -0.2) is 4.79 Å². The van der Waals surface area contributed by atoms with Crippen molar-refractivity contribution >= 4 is 16.9 Å². The Bertz CT molecular complexity index is 1190. The number of benzene rings is 3. The Morgan fingerprint density at radius 1 is 0.929 bits per heavy atom. The van der Waals surface area contributed by atoms with E-state index in [1.54, 1.807) is 18.2 Å². The van der Waals surface area contributed by atoms with E-state index < -0.39 is 0 Å². The van der Waals surface area contributed by atoms with E-state index in [9.17, 15) is 9.59 Å². The van der Waals surface area contributed by atoms with Crippen LogP contribution in [0.3, 0.4) is 0 Å². The van der Waals surface area contributed by atoms with Crippen LogP contribution >= 0.6 is 0 Å². The molecule has 4 aromatic rings. The van der Waals surface area contributed by atoms with Crippen molar-refractivity contribution in [2.24, 2.45) is 0 Å². The van der Waals surface area contributed by atoms with Gasteiger partial charge in [0.15, 0.2) is 0 Å². The molecule has 0 saturated carbocycles. The molecule has 3 aromatic carbocycles. The summed E-state index contributed by atoms with van der Waals surface area (Å²) in [5.41, 5.74) is 3.07. The third-order valence-corrected chi connectivity index (χ3v) is 4.62. The predicted octanol–water partition coefficient (Wildman–Crippen LogP) is 4.92. The molecule has 1 aromatic heterocycles. The average Bonchev–Trinajstić information content (AvgIpc) is 2.70. The molecule has 0 radical (unpaired) electrons. The lowest BCUT2D eigenvalue weighted by molar-refractivity contribution is -0.133. The maximum atomic E-state index is 12.5. The molecule has 4 heteroatoms. The molecule has 0 aliphatic rings. The Morgan fingerprint density at radius 2 is 1.61 bits per heavy atom. The molecular formula is C24H18O4. The lowest BCUT2D eigenvalue weighted by atomic mass is 9.99. The summed E-state index contributed by atoms with van der Waals surface area (Å²) in [4.78, 5) is 24.7. The van der Waals surface area contributed by atoms with Gasteiger partial charge in [-0.15, -0.1) is 0 Å². The molecule has 0 saturated heterocycles. The first kappa shape index (κ1) is 17.7. The molecule has 0 atom stereocenters. The van der Waals surface area contributed by atoms with Gasteiger partial charge in [-0.2, -0.15) is 0 Å². The van der Waals surface area contributed by atoms with E-state index in [2.05, 4.69) is 0 Å². The van der Waals surface area contributed by atoms with E-state index in [-0.39, 0.29) is 18.0 Å². The van der Waals surface area contributed by atoms with Crippen molar-refractivity contribution in [2.45, 2.75) is 13.3 Å². The van der Waals surface area contributed by atoms with Crippen LogP contribution in [0.15, 0.2) is 88.1 Å². The fourth-order valence-corrected chi connectivity index (χ4v) is 3.26. The van der Waals surface area contributed by atoms with Crippen LogP contribution in [0.1, 0.15) is 11.1 Å². The van der Waals surface area contributed by atoms with Crippen LogP contribution in [0.5, 0.6) is 5.75 Å². The Kier molecular flexibility index (Phi) is 4.77. The Labute approximate surface area is 162 Å². The summed E-state index contributed by atoms with van der Waals surface area (Å²) in [7, 11) is 0. The number of fused-ring (bicyclic) bond motifs is 1. The van der Waals surface area contributed by atoms with Gasteiger partial charge < -0.3 is 9.15 Å². The van der Waals surface area contributed by atoms with Gasteiger partial charge in [-0.3, -0.25) is 4.79 Å². The minimum atomic E-state index is -0.384. The molecule has 4 rings (SSSR count). The fraction of sp³-hybridized carbons (Fsp3) is 0.0833. The number of carbonyl (C=O) groups excluding carboxylic acids is 1. The van der Waals surface area contributed by atoms with E-state index in [1.807, 2.05) is 67.6 Å². The van der Waals surface area contributed by atoms with Crippen LogP contribution < -0.4 is 10.4 Å². The molecule has 0 aliphatic heterocycles. The van der Waals surface area contributed by atoms with E-state index >= 15 is 0 Å². The van der Waals surface area contributed by atoms with Crippen molar-refractivity contribution < 1.29 is 13.9 Å². The summed E-state index contributed by atoms with van der Waals surface area (Å²) in [6, 6.07) is 23.8. The molecule has 0 fully saturated rings. The zero-order chi connectivity index (χ0) is 19.5. The topological polar surface area (TPSA) is 56.5 Å². The summed E-state index contributed by atoms with van der Waals surface area (Å²) in [5, 5.41) is 0.739. The van der Waals surface area contributed by atoms with Gasteiger partial charge in [-0.1, -0.05) is 60.7 Å². The number of hydrogen-bond donors (Lipinski definition) is 0. The maximum Gasteiger partial charge on any atom is 0.344 e. The van der Waals surface area contributed by atoms with Crippen molar-refractivity contribution in [1.82, 2.24) is 0 Å². The second-order valence-electron chi connectivity index (χ2n) is 6.55. The predicted molar refractivity (Wildman–Crippen MR) is 108 cm³/mol. The number of rotatable bonds is 4. The van der Waals surface area contributed by atoms with E-state index in [1.165, 1.54) is 0 Å². The normalized spacial score (nSPS) is 10.8. The van der Waals surface area contributed by atoms with Crippen molar-refractivity contribution in [2.75, 3.05) is 0 Å². The van der Waals surface area contributed by atoms with Crippen LogP contribution in [-0.2, 0) is 11.2 Å². The quantitative estimate of drug-likeness (QED) is 0.291. The van der Waals surface area contributed by atoms with E-state index in [0.717, 1.165) is 22.1 Å². The second-order valence-corrected chi connectivity index (χ2v) is 6.55. The van der Waals surface area contributed by atoms with Crippen LogP contribution in [0.25, 0.3) is 22.1 Å². The minimum Gasteiger partial charge on any atom is -0.426 e. The van der Waals surface area contributed by atoms with Crippen LogP contribution in [0.4, 0.5) is 0 Å². The summed E-state index contributed by atoms with van der Waals surface area (Å²) >= 11 is 0. The third-order valence-electron chi connectivity index (χ3n) is 4.62. The average molecular weight is 370 g/mol. The van der Waals surface area contributed by atoms with Crippen molar-refractivity contribution in [3.8, 4) is 16.9 Å². The first-order chi connectivity index (χ1) is 13.6. The molecule has 28 heavy (non-hydrogen) atoms. The lowest BCUT2D eigenvalue weighted by Crippen LogP contribution is -2.11. The molecule has 1 heterocycles. The Hall–Kier alpha value is -3.66. The molecule has 0 amide bonds. The monoisotopic (exact) mass is 370 g/mol. The van der Waals surface area contributed by atoms with Crippen LogP contribution in [-0.4, -0.2) is 5.97 Å². The first-order valence-corrected chi connectivity index (χ1v) is 8.99. The number of aryl methyl sites for hydroxylation is 1.